The van der Waals surface area contributed by atoms with Crippen molar-refractivity contribution in [1.82, 2.24) is 5.32 Å². The van der Waals surface area contributed by atoms with Crippen molar-refractivity contribution in [1.29, 1.82) is 0 Å². The molecule has 1 N–H and O–H groups in total. The first kappa shape index (κ1) is 23.1. The highest BCUT2D eigenvalue weighted by Crippen LogP contribution is 2.45. The third-order valence-electron chi connectivity index (χ3n) is 6.05. The van der Waals surface area contributed by atoms with Crippen LogP contribution in [0.5, 0.6) is 0 Å². The third kappa shape index (κ3) is 4.40. The highest BCUT2D eigenvalue weighted by atomic mass is 35.5. The molecular formula is C24H28ClNO5. The van der Waals surface area contributed by atoms with Crippen LogP contribution >= 0.6 is 11.6 Å². The number of Topliss-reactive ketones (excluding diaryl/α,β-unsaturated/α-hetero) is 1. The molecule has 6 nitrogen and oxygen atoms in total. The summed E-state index contributed by atoms with van der Waals surface area (Å²) in [6.07, 6.45) is 0.904. The summed E-state index contributed by atoms with van der Waals surface area (Å²) in [4.78, 5) is 39.2. The van der Waals surface area contributed by atoms with E-state index in [1.165, 1.54) is 7.11 Å². The number of carbonyl (C=O) groups is 3. The second kappa shape index (κ2) is 9.27. The zero-order valence-corrected chi connectivity index (χ0v) is 19.2. The second-order valence-corrected chi connectivity index (χ2v) is 8.65. The lowest BCUT2D eigenvalue weighted by atomic mass is 9.69. The van der Waals surface area contributed by atoms with Crippen molar-refractivity contribution in [2.24, 2.45) is 11.8 Å². The highest BCUT2D eigenvalue weighted by Gasteiger charge is 2.47. The smallest absolute Gasteiger partial charge is 0.337 e. The molecule has 0 radical (unpaired) electrons. The Bertz CT molecular complexity index is 963. The Balaban J connectivity index is 2.15. The van der Waals surface area contributed by atoms with Crippen LogP contribution in [0, 0.1) is 11.8 Å². The van der Waals surface area contributed by atoms with Gasteiger partial charge in [0.2, 0.25) is 0 Å². The van der Waals surface area contributed by atoms with E-state index in [4.69, 9.17) is 21.1 Å². The Kier molecular flexibility index (Phi) is 6.90. The first-order chi connectivity index (χ1) is 14.7. The molecule has 0 unspecified atom stereocenters. The van der Waals surface area contributed by atoms with Gasteiger partial charge in [0.05, 0.1) is 18.8 Å². The molecule has 0 spiro atoms. The lowest BCUT2D eigenvalue weighted by molar-refractivity contribution is -0.151. The first-order valence-corrected chi connectivity index (χ1v) is 10.9. The molecule has 1 heterocycles. The van der Waals surface area contributed by atoms with Crippen molar-refractivity contribution in [2.75, 3.05) is 7.11 Å². The number of benzene rings is 1. The number of halogens is 1. The summed E-state index contributed by atoms with van der Waals surface area (Å²) >= 11 is 6.08. The van der Waals surface area contributed by atoms with Gasteiger partial charge in [0.25, 0.3) is 0 Å². The van der Waals surface area contributed by atoms with Crippen LogP contribution in [-0.2, 0) is 23.9 Å². The molecule has 0 saturated heterocycles. The Morgan fingerprint density at radius 3 is 2.48 bits per heavy atom. The minimum absolute atomic E-state index is 0.224. The van der Waals surface area contributed by atoms with E-state index in [1.54, 1.807) is 31.2 Å². The topological polar surface area (TPSA) is 81.7 Å². The van der Waals surface area contributed by atoms with E-state index in [9.17, 15) is 14.4 Å². The normalized spacial score (nSPS) is 24.3. The molecule has 31 heavy (non-hydrogen) atoms. The molecule has 4 atom stereocenters. The maximum atomic E-state index is 13.6. The van der Waals surface area contributed by atoms with Crippen LogP contribution in [0.4, 0.5) is 0 Å². The average Bonchev–Trinajstić information content (AvgIpc) is 2.72. The van der Waals surface area contributed by atoms with E-state index >= 15 is 0 Å². The van der Waals surface area contributed by atoms with E-state index in [1.807, 2.05) is 20.8 Å². The number of dihydropyridines is 1. The number of methoxy groups -OCH3 is 1. The number of esters is 2. The van der Waals surface area contributed by atoms with Crippen LogP contribution in [0.25, 0.3) is 0 Å². The van der Waals surface area contributed by atoms with Gasteiger partial charge in [-0.1, -0.05) is 37.6 Å². The number of ether oxygens (including phenoxy) is 2. The molecular weight excluding hydrogens is 418 g/mol. The zero-order chi connectivity index (χ0) is 22.9. The molecule has 1 aromatic rings. The lowest BCUT2D eigenvalue weighted by Crippen LogP contribution is -2.43. The maximum absolute atomic E-state index is 13.6. The number of allylic oxidation sites excluding steroid dienone is 3. The largest absolute Gasteiger partial charge is 0.468 e. The van der Waals surface area contributed by atoms with Crippen LogP contribution in [0.1, 0.15) is 52.0 Å². The zero-order valence-electron chi connectivity index (χ0n) is 18.5. The second-order valence-electron chi connectivity index (χ2n) is 8.21. The van der Waals surface area contributed by atoms with Crippen LogP contribution in [0.3, 0.4) is 0 Å². The minimum Gasteiger partial charge on any atom is -0.468 e. The van der Waals surface area contributed by atoms with Crippen molar-refractivity contribution in [3.63, 3.8) is 0 Å². The number of carbonyl (C=O) groups excluding carboxylic acids is 3. The third-order valence-corrected chi connectivity index (χ3v) is 6.30. The highest BCUT2D eigenvalue weighted by molar-refractivity contribution is 6.30. The van der Waals surface area contributed by atoms with Crippen molar-refractivity contribution in [3.05, 3.63) is 57.4 Å². The quantitative estimate of drug-likeness (QED) is 0.537. The van der Waals surface area contributed by atoms with E-state index in [-0.39, 0.29) is 17.8 Å². The minimum atomic E-state index is -0.911. The summed E-state index contributed by atoms with van der Waals surface area (Å²) in [6.45, 7) is 7.42. The molecule has 0 amide bonds. The summed E-state index contributed by atoms with van der Waals surface area (Å²) in [6, 6.07) is 7.04. The molecule has 3 rings (SSSR count). The van der Waals surface area contributed by atoms with Crippen molar-refractivity contribution in [2.45, 2.75) is 52.6 Å². The van der Waals surface area contributed by atoms with Gasteiger partial charge in [-0.05, 0) is 50.3 Å². The summed E-state index contributed by atoms with van der Waals surface area (Å²) < 4.78 is 10.5. The molecule has 0 aromatic heterocycles. The van der Waals surface area contributed by atoms with Gasteiger partial charge in [0.15, 0.2) is 5.78 Å². The summed E-state index contributed by atoms with van der Waals surface area (Å²) in [5, 5.41) is 3.80. The Morgan fingerprint density at radius 1 is 1.26 bits per heavy atom. The first-order valence-electron chi connectivity index (χ1n) is 10.5. The van der Waals surface area contributed by atoms with E-state index in [0.29, 0.717) is 34.7 Å². The SMILES string of the molecule is CC[C@H](C)OC(=O)C1=C(C)NC2=C(C(=O)[C@H](C(=O)OC)[C@@H](C)C2)[C@@H]1c1ccc(Cl)cc1. The molecule has 0 fully saturated rings. The van der Waals surface area contributed by atoms with Crippen LogP contribution in [0.2, 0.25) is 5.02 Å². The molecule has 0 saturated carbocycles. The van der Waals surface area contributed by atoms with E-state index < -0.39 is 23.8 Å². The fourth-order valence-corrected chi connectivity index (χ4v) is 4.40. The maximum Gasteiger partial charge on any atom is 0.337 e. The molecule has 1 aromatic carbocycles. The number of hydrogen-bond donors (Lipinski definition) is 1. The number of hydrogen-bond acceptors (Lipinski definition) is 6. The van der Waals surface area contributed by atoms with E-state index in [2.05, 4.69) is 5.32 Å². The van der Waals surface area contributed by atoms with Gasteiger partial charge in [0, 0.05) is 27.9 Å². The molecule has 1 aliphatic heterocycles. The molecule has 0 bridgehead atoms. The van der Waals surface area contributed by atoms with Crippen LogP contribution in [0.15, 0.2) is 46.8 Å². The van der Waals surface area contributed by atoms with Gasteiger partial charge in [-0.25, -0.2) is 4.79 Å². The monoisotopic (exact) mass is 445 g/mol. The summed E-state index contributed by atoms with van der Waals surface area (Å²) in [5.74, 6) is -3.16. The number of rotatable bonds is 5. The Hall–Kier alpha value is -2.60. The summed E-state index contributed by atoms with van der Waals surface area (Å²) in [5.41, 5.74) is 2.89. The molecule has 2 aliphatic rings. The van der Waals surface area contributed by atoms with Crippen molar-refractivity contribution in [3.8, 4) is 0 Å². The standard InChI is InChI=1S/C24H28ClNO5/c1-6-13(3)31-24(29)19-14(4)26-17-11-12(2)18(23(28)30-5)22(27)21(17)20(19)15-7-9-16(25)10-8-15/h7-10,12-13,18,20,26H,6,11H2,1-5H3/t12-,13-,18+,20+/m0/s1. The van der Waals surface area contributed by atoms with Gasteiger partial charge >= 0.3 is 11.9 Å². The van der Waals surface area contributed by atoms with Gasteiger partial charge in [0.1, 0.15) is 5.92 Å². The molecule has 166 valence electrons. The molecule has 1 aliphatic carbocycles. The van der Waals surface area contributed by atoms with E-state index in [0.717, 1.165) is 11.3 Å². The van der Waals surface area contributed by atoms with Crippen LogP contribution in [-0.4, -0.2) is 30.9 Å². The van der Waals surface area contributed by atoms with Gasteiger partial charge in [-0.2, -0.15) is 0 Å². The molecule has 7 heteroatoms. The van der Waals surface area contributed by atoms with Crippen LogP contribution < -0.4 is 5.32 Å². The fourth-order valence-electron chi connectivity index (χ4n) is 4.27. The van der Waals surface area contributed by atoms with Crippen molar-refractivity contribution >= 4 is 29.3 Å². The van der Waals surface area contributed by atoms with Gasteiger partial charge in [-0.15, -0.1) is 0 Å². The Labute approximate surface area is 187 Å². The lowest BCUT2D eigenvalue weighted by Gasteiger charge is -2.38. The fraction of sp³-hybridized carbons (Fsp3) is 0.458. The van der Waals surface area contributed by atoms with Gasteiger partial charge < -0.3 is 14.8 Å². The van der Waals surface area contributed by atoms with Gasteiger partial charge in [-0.3, -0.25) is 9.59 Å². The van der Waals surface area contributed by atoms with Crippen molar-refractivity contribution < 1.29 is 23.9 Å². The number of nitrogens with one attached hydrogen (secondary N) is 1. The number of ketones is 1. The average molecular weight is 446 g/mol. The predicted molar refractivity (Wildman–Crippen MR) is 117 cm³/mol. The summed E-state index contributed by atoms with van der Waals surface area (Å²) in [7, 11) is 1.28. The predicted octanol–water partition coefficient (Wildman–Crippen LogP) is 4.29. The Morgan fingerprint density at radius 2 is 1.90 bits per heavy atom.